The third-order valence-corrected chi connectivity index (χ3v) is 6.29. The molecule has 0 spiro atoms. The smallest absolute Gasteiger partial charge is 0.251 e. The van der Waals surface area contributed by atoms with Gasteiger partial charge in [-0.1, -0.05) is 36.8 Å². The van der Waals surface area contributed by atoms with E-state index in [1.807, 2.05) is 12.1 Å². The van der Waals surface area contributed by atoms with Crippen LogP contribution in [-0.4, -0.2) is 23.9 Å². The summed E-state index contributed by atoms with van der Waals surface area (Å²) < 4.78 is 0. The predicted molar refractivity (Wildman–Crippen MR) is 115 cm³/mol. The van der Waals surface area contributed by atoms with Gasteiger partial charge in [0.25, 0.3) is 5.91 Å². The first-order chi connectivity index (χ1) is 13.7. The Bertz CT molecular complexity index is 806. The minimum atomic E-state index is 0.00902. The van der Waals surface area contributed by atoms with Crippen LogP contribution in [0.1, 0.15) is 77.7 Å². The lowest BCUT2D eigenvalue weighted by Crippen LogP contribution is -2.29. The Balaban J connectivity index is 1.36. The SMILES string of the molecule is C[C@H](NC(=O)c1ccc(CN2CCCCC2)cc1)c1ccc2c(c1)CCCC2. The van der Waals surface area contributed by atoms with E-state index in [-0.39, 0.29) is 11.9 Å². The molecule has 1 amide bonds. The summed E-state index contributed by atoms with van der Waals surface area (Å²) in [4.78, 5) is 15.2. The van der Waals surface area contributed by atoms with Gasteiger partial charge >= 0.3 is 0 Å². The molecule has 3 nitrogen and oxygen atoms in total. The summed E-state index contributed by atoms with van der Waals surface area (Å²) >= 11 is 0. The van der Waals surface area contributed by atoms with Gasteiger partial charge < -0.3 is 5.32 Å². The Morgan fingerprint density at radius 3 is 2.39 bits per heavy atom. The summed E-state index contributed by atoms with van der Waals surface area (Å²) in [6.45, 7) is 5.46. The number of likely N-dealkylation sites (tertiary alicyclic amines) is 1. The molecule has 4 rings (SSSR count). The molecule has 2 aromatic carbocycles. The molecule has 148 valence electrons. The molecular weight excluding hydrogens is 344 g/mol. The van der Waals surface area contributed by atoms with E-state index >= 15 is 0 Å². The Kier molecular flexibility index (Phi) is 6.11. The van der Waals surface area contributed by atoms with Gasteiger partial charge in [0.1, 0.15) is 0 Å². The third-order valence-electron chi connectivity index (χ3n) is 6.29. The van der Waals surface area contributed by atoms with E-state index in [4.69, 9.17) is 0 Å². The van der Waals surface area contributed by atoms with Crippen LogP contribution in [0.25, 0.3) is 0 Å². The first-order valence-electron chi connectivity index (χ1n) is 10.9. The molecule has 0 aromatic heterocycles. The second-order valence-electron chi connectivity index (χ2n) is 8.46. The maximum atomic E-state index is 12.7. The summed E-state index contributed by atoms with van der Waals surface area (Å²) in [5.74, 6) is 0.00902. The molecule has 1 N–H and O–H groups in total. The summed E-state index contributed by atoms with van der Waals surface area (Å²) in [6, 6.07) is 14.9. The summed E-state index contributed by atoms with van der Waals surface area (Å²) in [6.07, 6.45) is 8.91. The summed E-state index contributed by atoms with van der Waals surface area (Å²) in [7, 11) is 0. The van der Waals surface area contributed by atoms with Gasteiger partial charge in [-0.05, 0) is 92.9 Å². The third kappa shape index (κ3) is 4.64. The Morgan fingerprint density at radius 2 is 1.64 bits per heavy atom. The molecule has 1 aliphatic carbocycles. The van der Waals surface area contributed by atoms with Gasteiger partial charge in [-0.3, -0.25) is 9.69 Å². The zero-order valence-electron chi connectivity index (χ0n) is 17.0. The first-order valence-corrected chi connectivity index (χ1v) is 10.9. The van der Waals surface area contributed by atoms with Crippen LogP contribution >= 0.6 is 0 Å². The van der Waals surface area contributed by atoms with Crippen LogP contribution in [-0.2, 0) is 19.4 Å². The highest BCUT2D eigenvalue weighted by molar-refractivity contribution is 5.94. The number of hydrogen-bond donors (Lipinski definition) is 1. The van der Waals surface area contributed by atoms with E-state index in [1.165, 1.54) is 80.3 Å². The molecular formula is C25H32N2O. The molecule has 0 bridgehead atoms. The van der Waals surface area contributed by atoms with Crippen molar-refractivity contribution in [2.24, 2.45) is 0 Å². The van der Waals surface area contributed by atoms with Crippen molar-refractivity contribution in [1.82, 2.24) is 10.2 Å². The number of piperidine rings is 1. The maximum absolute atomic E-state index is 12.7. The van der Waals surface area contributed by atoms with Crippen LogP contribution in [0.2, 0.25) is 0 Å². The van der Waals surface area contributed by atoms with E-state index in [1.54, 1.807) is 0 Å². The van der Waals surface area contributed by atoms with Crippen molar-refractivity contribution in [3.05, 3.63) is 70.3 Å². The van der Waals surface area contributed by atoms with Gasteiger partial charge in [0.15, 0.2) is 0 Å². The normalized spacial score (nSPS) is 18.3. The van der Waals surface area contributed by atoms with E-state index in [9.17, 15) is 4.79 Å². The topological polar surface area (TPSA) is 32.3 Å². The molecule has 2 aliphatic rings. The van der Waals surface area contributed by atoms with E-state index < -0.39 is 0 Å². The van der Waals surface area contributed by atoms with Crippen molar-refractivity contribution in [2.75, 3.05) is 13.1 Å². The number of nitrogens with zero attached hydrogens (tertiary/aromatic N) is 1. The van der Waals surface area contributed by atoms with Crippen molar-refractivity contribution >= 4 is 5.91 Å². The Morgan fingerprint density at radius 1 is 0.929 bits per heavy atom. The minimum Gasteiger partial charge on any atom is -0.346 e. The molecule has 0 unspecified atom stereocenters. The lowest BCUT2D eigenvalue weighted by molar-refractivity contribution is 0.0940. The molecule has 1 atom stereocenters. The number of hydrogen-bond acceptors (Lipinski definition) is 2. The zero-order chi connectivity index (χ0) is 19.3. The fourth-order valence-electron chi connectivity index (χ4n) is 4.52. The molecule has 28 heavy (non-hydrogen) atoms. The predicted octanol–water partition coefficient (Wildman–Crippen LogP) is 5.04. The number of carbonyl (C=O) groups excluding carboxylic acids is 1. The van der Waals surface area contributed by atoms with Gasteiger partial charge in [-0.25, -0.2) is 0 Å². The monoisotopic (exact) mass is 376 g/mol. The van der Waals surface area contributed by atoms with Gasteiger partial charge in [-0.2, -0.15) is 0 Å². The van der Waals surface area contributed by atoms with Crippen molar-refractivity contribution < 1.29 is 4.79 Å². The highest BCUT2D eigenvalue weighted by Crippen LogP contribution is 2.25. The fraction of sp³-hybridized carbons (Fsp3) is 0.480. The fourth-order valence-corrected chi connectivity index (χ4v) is 4.52. The van der Waals surface area contributed by atoms with Crippen LogP contribution in [0.5, 0.6) is 0 Å². The van der Waals surface area contributed by atoms with Crippen molar-refractivity contribution in [1.29, 1.82) is 0 Å². The quantitative estimate of drug-likeness (QED) is 0.793. The number of rotatable bonds is 5. The van der Waals surface area contributed by atoms with E-state index in [0.717, 1.165) is 12.1 Å². The molecule has 1 heterocycles. The van der Waals surface area contributed by atoms with Gasteiger partial charge in [-0.15, -0.1) is 0 Å². The number of nitrogens with one attached hydrogen (secondary N) is 1. The highest BCUT2D eigenvalue weighted by Gasteiger charge is 2.15. The lowest BCUT2D eigenvalue weighted by atomic mass is 9.89. The van der Waals surface area contributed by atoms with Crippen LogP contribution < -0.4 is 5.32 Å². The number of amides is 1. The first kappa shape index (κ1) is 19.2. The van der Waals surface area contributed by atoms with Crippen LogP contribution in [0, 0.1) is 0 Å². The van der Waals surface area contributed by atoms with Crippen LogP contribution in [0.4, 0.5) is 0 Å². The molecule has 0 saturated carbocycles. The van der Waals surface area contributed by atoms with Crippen molar-refractivity contribution in [2.45, 2.75) is 64.5 Å². The molecule has 2 aromatic rings. The van der Waals surface area contributed by atoms with Crippen molar-refractivity contribution in [3.63, 3.8) is 0 Å². The average Bonchev–Trinajstić information content (AvgIpc) is 2.74. The minimum absolute atomic E-state index is 0.00902. The largest absolute Gasteiger partial charge is 0.346 e. The second kappa shape index (κ2) is 8.91. The highest BCUT2D eigenvalue weighted by atomic mass is 16.1. The standard InChI is InChI=1S/C25H32N2O/c1-19(23-14-13-21-7-3-4-8-24(21)17-23)26-25(28)22-11-9-20(10-12-22)18-27-15-5-2-6-16-27/h9-14,17,19H,2-8,15-16,18H2,1H3,(H,26,28)/t19-/m0/s1. The zero-order valence-corrected chi connectivity index (χ0v) is 17.0. The van der Waals surface area contributed by atoms with Crippen molar-refractivity contribution in [3.8, 4) is 0 Å². The molecule has 1 fully saturated rings. The molecule has 3 heteroatoms. The maximum Gasteiger partial charge on any atom is 0.251 e. The molecule has 0 radical (unpaired) electrons. The Hall–Kier alpha value is -2.13. The number of fused-ring (bicyclic) bond motifs is 1. The van der Waals surface area contributed by atoms with Gasteiger partial charge in [0.2, 0.25) is 0 Å². The van der Waals surface area contributed by atoms with Gasteiger partial charge in [0.05, 0.1) is 6.04 Å². The Labute approximate surface area is 169 Å². The summed E-state index contributed by atoms with van der Waals surface area (Å²) in [5, 5.41) is 3.17. The van der Waals surface area contributed by atoms with E-state index in [2.05, 4.69) is 47.5 Å². The second-order valence-corrected chi connectivity index (χ2v) is 8.46. The lowest BCUT2D eigenvalue weighted by Gasteiger charge is -2.26. The average molecular weight is 377 g/mol. The van der Waals surface area contributed by atoms with Crippen LogP contribution in [0.15, 0.2) is 42.5 Å². The summed E-state index contributed by atoms with van der Waals surface area (Å²) in [5.41, 5.74) is 6.19. The van der Waals surface area contributed by atoms with E-state index in [0.29, 0.717) is 0 Å². The number of aryl methyl sites for hydroxylation is 2. The number of carbonyl (C=O) groups is 1. The number of benzene rings is 2. The van der Waals surface area contributed by atoms with Crippen LogP contribution in [0.3, 0.4) is 0 Å². The van der Waals surface area contributed by atoms with Gasteiger partial charge in [0, 0.05) is 12.1 Å². The molecule has 1 saturated heterocycles. The molecule has 1 aliphatic heterocycles.